The third-order valence-electron chi connectivity index (χ3n) is 2.31. The van der Waals surface area contributed by atoms with Crippen molar-refractivity contribution in [1.82, 2.24) is 0 Å². The predicted octanol–water partition coefficient (Wildman–Crippen LogP) is 2.77. The summed E-state index contributed by atoms with van der Waals surface area (Å²) in [6, 6.07) is 5.72. The molecule has 0 aliphatic rings. The first-order valence-corrected chi connectivity index (χ1v) is 6.16. The van der Waals surface area contributed by atoms with E-state index in [-0.39, 0.29) is 5.54 Å². The van der Waals surface area contributed by atoms with E-state index in [1.807, 2.05) is 18.2 Å². The van der Waals surface area contributed by atoms with Crippen LogP contribution in [0, 0.1) is 0 Å². The zero-order valence-electron chi connectivity index (χ0n) is 10.8. The summed E-state index contributed by atoms with van der Waals surface area (Å²) < 4.78 is 5.61. The van der Waals surface area contributed by atoms with Crippen LogP contribution in [-0.2, 0) is 6.54 Å². The van der Waals surface area contributed by atoms with Gasteiger partial charge in [0.05, 0.1) is 5.54 Å². The Morgan fingerprint density at radius 2 is 2.12 bits per heavy atom. The van der Waals surface area contributed by atoms with Gasteiger partial charge in [0, 0.05) is 10.6 Å². The molecule has 3 heteroatoms. The minimum absolute atomic E-state index is 0.192. The van der Waals surface area contributed by atoms with Crippen molar-refractivity contribution in [3.63, 3.8) is 0 Å². The van der Waals surface area contributed by atoms with E-state index in [4.69, 9.17) is 16.3 Å². The number of nitrogens with two attached hydrogens (primary N) is 1. The average Bonchev–Trinajstić information content (AvgIpc) is 2.24. The minimum Gasteiger partial charge on any atom is -0.489 e. The Bertz CT molecular complexity index is 382. The number of quaternary nitrogens is 1. The SMILES string of the molecule is C=CCOc1ccc(Cl)cc1C[NH2+]C(C)(C)C. The highest BCUT2D eigenvalue weighted by Gasteiger charge is 2.15. The molecule has 2 nitrogen and oxygen atoms in total. The van der Waals surface area contributed by atoms with Crippen LogP contribution >= 0.6 is 11.6 Å². The fourth-order valence-corrected chi connectivity index (χ4v) is 1.61. The van der Waals surface area contributed by atoms with Crippen LogP contribution in [0.1, 0.15) is 26.3 Å². The topological polar surface area (TPSA) is 25.8 Å². The van der Waals surface area contributed by atoms with E-state index in [0.717, 1.165) is 22.9 Å². The molecule has 0 radical (unpaired) electrons. The van der Waals surface area contributed by atoms with Gasteiger partial charge in [0.1, 0.15) is 18.9 Å². The smallest absolute Gasteiger partial charge is 0.128 e. The third-order valence-corrected chi connectivity index (χ3v) is 2.55. The Hall–Kier alpha value is -0.990. The molecule has 2 N–H and O–H groups in total. The van der Waals surface area contributed by atoms with E-state index in [0.29, 0.717) is 6.61 Å². The lowest BCUT2D eigenvalue weighted by molar-refractivity contribution is -0.731. The lowest BCUT2D eigenvalue weighted by atomic mass is 10.1. The van der Waals surface area contributed by atoms with Crippen molar-refractivity contribution >= 4 is 11.6 Å². The minimum atomic E-state index is 0.192. The largest absolute Gasteiger partial charge is 0.489 e. The molecule has 0 heterocycles. The first-order valence-electron chi connectivity index (χ1n) is 5.79. The van der Waals surface area contributed by atoms with Crippen LogP contribution in [0.4, 0.5) is 0 Å². The van der Waals surface area contributed by atoms with Crippen molar-refractivity contribution in [3.8, 4) is 5.75 Å². The molecule has 1 aromatic carbocycles. The molecule has 0 saturated heterocycles. The Kier molecular flexibility index (Phi) is 5.03. The fourth-order valence-electron chi connectivity index (χ4n) is 1.41. The van der Waals surface area contributed by atoms with Crippen molar-refractivity contribution in [2.24, 2.45) is 0 Å². The van der Waals surface area contributed by atoms with Crippen molar-refractivity contribution in [1.29, 1.82) is 0 Å². The molecule has 0 bridgehead atoms. The average molecular weight is 255 g/mol. The predicted molar refractivity (Wildman–Crippen MR) is 72.5 cm³/mol. The molecule has 0 spiro atoms. The number of benzene rings is 1. The van der Waals surface area contributed by atoms with Gasteiger partial charge in [-0.2, -0.15) is 0 Å². The van der Waals surface area contributed by atoms with E-state index in [9.17, 15) is 0 Å². The van der Waals surface area contributed by atoms with Crippen molar-refractivity contribution < 1.29 is 10.1 Å². The third kappa shape index (κ3) is 5.24. The highest BCUT2D eigenvalue weighted by atomic mass is 35.5. The summed E-state index contributed by atoms with van der Waals surface area (Å²) in [5.41, 5.74) is 1.31. The molecule has 0 fully saturated rings. The maximum atomic E-state index is 6.01. The molecule has 0 saturated carbocycles. The molecule has 1 rings (SSSR count). The van der Waals surface area contributed by atoms with Gasteiger partial charge in [-0.05, 0) is 39.0 Å². The van der Waals surface area contributed by atoms with E-state index in [2.05, 4.69) is 32.7 Å². The van der Waals surface area contributed by atoms with Crippen LogP contribution in [0.25, 0.3) is 0 Å². The zero-order valence-corrected chi connectivity index (χ0v) is 11.6. The Morgan fingerprint density at radius 3 is 2.71 bits per heavy atom. The summed E-state index contributed by atoms with van der Waals surface area (Å²) in [5, 5.41) is 3.01. The zero-order chi connectivity index (χ0) is 12.9. The highest BCUT2D eigenvalue weighted by molar-refractivity contribution is 6.30. The summed E-state index contributed by atoms with van der Waals surface area (Å²) in [6.45, 7) is 11.6. The summed E-state index contributed by atoms with van der Waals surface area (Å²) >= 11 is 6.01. The highest BCUT2D eigenvalue weighted by Crippen LogP contribution is 2.22. The van der Waals surface area contributed by atoms with Crippen molar-refractivity contribution in [3.05, 3.63) is 41.4 Å². The lowest BCUT2D eigenvalue weighted by Crippen LogP contribution is -2.92. The lowest BCUT2D eigenvalue weighted by Gasteiger charge is -2.18. The Labute approximate surface area is 109 Å². The quantitative estimate of drug-likeness (QED) is 0.804. The number of halogens is 1. The van der Waals surface area contributed by atoms with Gasteiger partial charge in [-0.15, -0.1) is 0 Å². The first-order chi connectivity index (χ1) is 7.92. The van der Waals surface area contributed by atoms with Crippen LogP contribution in [0.3, 0.4) is 0 Å². The van der Waals surface area contributed by atoms with Gasteiger partial charge >= 0.3 is 0 Å². The standard InChI is InChI=1S/C14H20ClNO/c1-5-8-17-13-7-6-12(15)9-11(13)10-16-14(2,3)4/h5-7,9,16H,1,8,10H2,2-4H3/p+1. The molecular weight excluding hydrogens is 234 g/mol. The number of hydrogen-bond acceptors (Lipinski definition) is 1. The molecular formula is C14H21ClNO+. The van der Waals surface area contributed by atoms with E-state index in [1.54, 1.807) is 6.08 Å². The Balaban J connectivity index is 2.79. The van der Waals surface area contributed by atoms with Gasteiger partial charge in [-0.1, -0.05) is 24.3 Å². The molecule has 0 aliphatic carbocycles. The second-order valence-electron chi connectivity index (χ2n) is 5.13. The molecule has 94 valence electrons. The molecule has 17 heavy (non-hydrogen) atoms. The van der Waals surface area contributed by atoms with Crippen LogP contribution in [0.5, 0.6) is 5.75 Å². The summed E-state index contributed by atoms with van der Waals surface area (Å²) in [6.07, 6.45) is 1.74. The summed E-state index contributed by atoms with van der Waals surface area (Å²) in [4.78, 5) is 0. The van der Waals surface area contributed by atoms with Crippen LogP contribution < -0.4 is 10.1 Å². The monoisotopic (exact) mass is 254 g/mol. The molecule has 0 amide bonds. The van der Waals surface area contributed by atoms with E-state index >= 15 is 0 Å². The maximum absolute atomic E-state index is 6.01. The van der Waals surface area contributed by atoms with Crippen LogP contribution in [-0.4, -0.2) is 12.1 Å². The van der Waals surface area contributed by atoms with Crippen LogP contribution in [0.2, 0.25) is 5.02 Å². The van der Waals surface area contributed by atoms with Gasteiger partial charge in [0.25, 0.3) is 0 Å². The normalized spacial score (nSPS) is 11.3. The molecule has 0 atom stereocenters. The van der Waals surface area contributed by atoms with Gasteiger partial charge < -0.3 is 10.1 Å². The maximum Gasteiger partial charge on any atom is 0.128 e. The van der Waals surface area contributed by atoms with Gasteiger partial charge in [-0.25, -0.2) is 0 Å². The van der Waals surface area contributed by atoms with E-state index in [1.165, 1.54) is 0 Å². The summed E-state index contributed by atoms with van der Waals surface area (Å²) in [7, 11) is 0. The van der Waals surface area contributed by atoms with Crippen molar-refractivity contribution in [2.75, 3.05) is 6.61 Å². The Morgan fingerprint density at radius 1 is 1.41 bits per heavy atom. The van der Waals surface area contributed by atoms with E-state index < -0.39 is 0 Å². The van der Waals surface area contributed by atoms with Gasteiger partial charge in [0.15, 0.2) is 0 Å². The van der Waals surface area contributed by atoms with Crippen LogP contribution in [0.15, 0.2) is 30.9 Å². The molecule has 0 aliphatic heterocycles. The molecule has 0 unspecified atom stereocenters. The number of rotatable bonds is 5. The summed E-state index contributed by atoms with van der Waals surface area (Å²) in [5.74, 6) is 0.884. The fraction of sp³-hybridized carbons (Fsp3) is 0.429. The second kappa shape index (κ2) is 6.08. The van der Waals surface area contributed by atoms with Gasteiger partial charge in [0.2, 0.25) is 0 Å². The number of hydrogen-bond donors (Lipinski definition) is 1. The number of ether oxygens (including phenoxy) is 1. The molecule has 0 aromatic heterocycles. The van der Waals surface area contributed by atoms with Crippen molar-refractivity contribution in [2.45, 2.75) is 32.9 Å². The molecule has 1 aromatic rings. The van der Waals surface area contributed by atoms with Gasteiger partial charge in [-0.3, -0.25) is 0 Å². The first kappa shape index (κ1) is 14.1. The second-order valence-corrected chi connectivity index (χ2v) is 5.56.